The maximum absolute atomic E-state index is 12.9. The summed E-state index contributed by atoms with van der Waals surface area (Å²) in [5.41, 5.74) is 0.554. The molecule has 1 N–H and O–H groups in total. The fourth-order valence-electron chi connectivity index (χ4n) is 3.63. The zero-order chi connectivity index (χ0) is 22.3. The van der Waals surface area contributed by atoms with E-state index in [4.69, 9.17) is 14.0 Å². The van der Waals surface area contributed by atoms with Crippen molar-refractivity contribution >= 4 is 5.91 Å². The Morgan fingerprint density at radius 2 is 1.88 bits per heavy atom. The first-order valence-corrected chi connectivity index (χ1v) is 9.83. The number of para-hydroxylation sites is 1. The number of halogens is 3. The third-order valence-electron chi connectivity index (χ3n) is 5.48. The molecule has 1 amide bonds. The van der Waals surface area contributed by atoms with Gasteiger partial charge in [0.1, 0.15) is 5.75 Å². The number of fused-ring (bicyclic) bond motifs is 1. The number of carbonyl (C=O) groups is 1. The highest BCUT2D eigenvalue weighted by Crippen LogP contribution is 2.49. The number of rotatable bonds is 6. The summed E-state index contributed by atoms with van der Waals surface area (Å²) in [6, 6.07) is 12.7. The van der Waals surface area contributed by atoms with E-state index in [2.05, 4.69) is 15.2 Å². The number of carbonyl (C=O) groups excluding carboxylic acids is 1. The Kier molecular flexibility index (Phi) is 4.72. The highest BCUT2D eigenvalue weighted by atomic mass is 19.4. The van der Waals surface area contributed by atoms with E-state index in [1.807, 2.05) is 0 Å². The largest absolute Gasteiger partial charge is 0.573 e. The molecule has 32 heavy (non-hydrogen) atoms. The third-order valence-corrected chi connectivity index (χ3v) is 5.48. The summed E-state index contributed by atoms with van der Waals surface area (Å²) in [6.07, 6.45) is -3.69. The maximum Gasteiger partial charge on any atom is 0.573 e. The first-order valence-electron chi connectivity index (χ1n) is 9.83. The highest BCUT2D eigenvalue weighted by Gasteiger charge is 2.53. The minimum Gasteiger partial charge on any atom is -0.454 e. The van der Waals surface area contributed by atoms with Gasteiger partial charge in [-0.2, -0.15) is 0 Å². The number of alkyl halides is 3. The molecule has 2 aromatic carbocycles. The topological polar surface area (TPSA) is 82.8 Å². The first-order chi connectivity index (χ1) is 15.3. The average molecular weight is 446 g/mol. The second-order valence-corrected chi connectivity index (χ2v) is 7.56. The van der Waals surface area contributed by atoms with Crippen LogP contribution < -0.4 is 19.5 Å². The van der Waals surface area contributed by atoms with Gasteiger partial charge in [0, 0.05) is 23.7 Å². The molecular weight excluding hydrogens is 429 g/mol. The fraction of sp³-hybridized carbons (Fsp3) is 0.273. The Morgan fingerprint density at radius 1 is 1.09 bits per heavy atom. The van der Waals surface area contributed by atoms with Crippen LogP contribution in [-0.2, 0) is 16.8 Å². The van der Waals surface area contributed by atoms with Crippen molar-refractivity contribution in [1.29, 1.82) is 0 Å². The zero-order valence-corrected chi connectivity index (χ0v) is 16.6. The van der Waals surface area contributed by atoms with Crippen molar-refractivity contribution in [3.63, 3.8) is 0 Å². The summed E-state index contributed by atoms with van der Waals surface area (Å²) in [6.45, 7) is 0.0422. The highest BCUT2D eigenvalue weighted by molar-refractivity contribution is 5.91. The minimum absolute atomic E-state index is 0.111. The normalized spacial score (nSPS) is 16.0. The van der Waals surface area contributed by atoms with Gasteiger partial charge in [-0.05, 0) is 37.1 Å². The lowest BCUT2D eigenvalue weighted by atomic mass is 10.00. The van der Waals surface area contributed by atoms with Crippen LogP contribution in [0.2, 0.25) is 0 Å². The monoisotopic (exact) mass is 446 g/mol. The maximum atomic E-state index is 12.9. The Labute approximate surface area is 180 Å². The third kappa shape index (κ3) is 3.83. The number of benzene rings is 2. The van der Waals surface area contributed by atoms with E-state index in [1.54, 1.807) is 30.3 Å². The summed E-state index contributed by atoms with van der Waals surface area (Å²) in [7, 11) is 0. The van der Waals surface area contributed by atoms with E-state index in [0.717, 1.165) is 5.56 Å². The molecule has 0 bridgehead atoms. The van der Waals surface area contributed by atoms with E-state index in [1.165, 1.54) is 18.2 Å². The van der Waals surface area contributed by atoms with Gasteiger partial charge in [-0.3, -0.25) is 4.79 Å². The molecule has 166 valence electrons. The summed E-state index contributed by atoms with van der Waals surface area (Å²) < 4.78 is 58.0. The van der Waals surface area contributed by atoms with Gasteiger partial charge in [0.2, 0.25) is 12.7 Å². The van der Waals surface area contributed by atoms with Crippen LogP contribution in [0.25, 0.3) is 11.3 Å². The van der Waals surface area contributed by atoms with Gasteiger partial charge in [-0.15, -0.1) is 13.2 Å². The number of hydrogen-bond acceptors (Lipinski definition) is 6. The molecule has 1 fully saturated rings. The van der Waals surface area contributed by atoms with Crippen molar-refractivity contribution in [1.82, 2.24) is 10.5 Å². The van der Waals surface area contributed by atoms with Gasteiger partial charge < -0.3 is 24.1 Å². The van der Waals surface area contributed by atoms with Crippen LogP contribution in [0.15, 0.2) is 53.1 Å². The van der Waals surface area contributed by atoms with Crippen molar-refractivity contribution in [2.75, 3.05) is 6.79 Å². The molecule has 1 saturated carbocycles. The second kappa shape index (κ2) is 7.47. The predicted octanol–water partition coefficient (Wildman–Crippen LogP) is 4.32. The summed E-state index contributed by atoms with van der Waals surface area (Å²) in [5.74, 6) is 1.03. The second-order valence-electron chi connectivity index (χ2n) is 7.56. The quantitative estimate of drug-likeness (QED) is 0.608. The number of amides is 1. The molecule has 2 heterocycles. The molecule has 0 unspecified atom stereocenters. The van der Waals surface area contributed by atoms with E-state index in [0.29, 0.717) is 35.8 Å². The Bertz CT molecular complexity index is 1170. The van der Waals surface area contributed by atoms with Crippen molar-refractivity contribution in [3.05, 3.63) is 59.8 Å². The minimum atomic E-state index is -4.82. The molecule has 2 aliphatic rings. The standard InChI is InChI=1S/C22H17F3N2O5/c23-22(24,25)31-15-4-2-1-3-14(15)11-26-20(28)21(7-8-21)19-10-17(32-27-19)13-5-6-16-18(9-13)30-12-29-16/h1-6,9-10H,7-8,11-12H2,(H,26,28). The van der Waals surface area contributed by atoms with Gasteiger partial charge in [0.05, 0.1) is 11.1 Å². The summed E-state index contributed by atoms with van der Waals surface area (Å²) >= 11 is 0. The van der Waals surface area contributed by atoms with Crippen LogP contribution in [-0.4, -0.2) is 24.2 Å². The van der Waals surface area contributed by atoms with Crippen LogP contribution in [0.4, 0.5) is 13.2 Å². The average Bonchev–Trinajstić information content (AvgIpc) is 3.19. The van der Waals surface area contributed by atoms with Gasteiger partial charge in [0.15, 0.2) is 17.3 Å². The first kappa shape index (κ1) is 20.2. The van der Waals surface area contributed by atoms with Crippen LogP contribution >= 0.6 is 0 Å². The van der Waals surface area contributed by atoms with Crippen molar-refractivity contribution in [2.45, 2.75) is 31.2 Å². The predicted molar refractivity (Wildman–Crippen MR) is 104 cm³/mol. The summed E-state index contributed by atoms with van der Waals surface area (Å²) in [5, 5.41) is 6.79. The lowest BCUT2D eigenvalue weighted by molar-refractivity contribution is -0.274. The van der Waals surface area contributed by atoms with Gasteiger partial charge in [-0.25, -0.2) is 0 Å². The molecule has 0 saturated heterocycles. The van der Waals surface area contributed by atoms with Crippen molar-refractivity contribution in [2.24, 2.45) is 0 Å². The molecule has 5 rings (SSSR count). The van der Waals surface area contributed by atoms with Crippen LogP contribution in [0, 0.1) is 0 Å². The molecule has 7 nitrogen and oxygen atoms in total. The molecule has 3 aromatic rings. The molecule has 0 radical (unpaired) electrons. The Hall–Kier alpha value is -3.69. The van der Waals surface area contributed by atoms with E-state index in [-0.39, 0.29) is 30.6 Å². The lowest BCUT2D eigenvalue weighted by Crippen LogP contribution is -2.34. The molecule has 10 heteroatoms. The van der Waals surface area contributed by atoms with E-state index in [9.17, 15) is 18.0 Å². The molecule has 1 aromatic heterocycles. The molecular formula is C22H17F3N2O5. The van der Waals surface area contributed by atoms with Crippen LogP contribution in [0.3, 0.4) is 0 Å². The van der Waals surface area contributed by atoms with Gasteiger partial charge >= 0.3 is 6.36 Å². The van der Waals surface area contributed by atoms with E-state index >= 15 is 0 Å². The van der Waals surface area contributed by atoms with Gasteiger partial charge in [-0.1, -0.05) is 23.4 Å². The molecule has 1 aliphatic heterocycles. The molecule has 1 aliphatic carbocycles. The Morgan fingerprint density at radius 3 is 2.66 bits per heavy atom. The number of ether oxygens (including phenoxy) is 3. The van der Waals surface area contributed by atoms with Crippen LogP contribution in [0.5, 0.6) is 17.2 Å². The summed E-state index contributed by atoms with van der Waals surface area (Å²) in [4.78, 5) is 12.9. The zero-order valence-electron chi connectivity index (χ0n) is 16.6. The smallest absolute Gasteiger partial charge is 0.454 e. The SMILES string of the molecule is O=C(NCc1ccccc1OC(F)(F)F)C1(c2cc(-c3ccc4c(c3)OCO4)on2)CC1. The van der Waals surface area contributed by atoms with Crippen molar-refractivity contribution in [3.8, 4) is 28.6 Å². The van der Waals surface area contributed by atoms with Crippen molar-refractivity contribution < 1.29 is 36.7 Å². The number of aromatic nitrogens is 1. The molecule has 0 spiro atoms. The molecule has 0 atom stereocenters. The van der Waals surface area contributed by atoms with E-state index < -0.39 is 11.8 Å². The number of nitrogens with one attached hydrogen (secondary N) is 1. The van der Waals surface area contributed by atoms with Gasteiger partial charge in [0.25, 0.3) is 0 Å². The number of hydrogen-bond donors (Lipinski definition) is 1. The van der Waals surface area contributed by atoms with Crippen LogP contribution in [0.1, 0.15) is 24.1 Å². The lowest BCUT2D eigenvalue weighted by Gasteiger charge is -2.15. The number of nitrogens with zero attached hydrogens (tertiary/aromatic N) is 1. The Balaban J connectivity index is 1.30. The fourth-order valence-corrected chi connectivity index (χ4v) is 3.63.